The molecule has 72 valence electrons. The highest BCUT2D eigenvalue weighted by Crippen LogP contribution is 2.21. The highest BCUT2D eigenvalue weighted by atomic mass is 127. The average molecular weight is 293 g/mol. The van der Waals surface area contributed by atoms with Crippen LogP contribution < -0.4 is 5.73 Å². The van der Waals surface area contributed by atoms with Crippen LogP contribution in [0.15, 0.2) is 18.2 Å². The number of hydrogen-bond acceptors (Lipinski definition) is 1. The van der Waals surface area contributed by atoms with Gasteiger partial charge >= 0.3 is 0 Å². The van der Waals surface area contributed by atoms with Gasteiger partial charge in [-0.25, -0.2) is 4.39 Å². The molecule has 0 spiro atoms. The van der Waals surface area contributed by atoms with Crippen LogP contribution in [-0.4, -0.2) is 0 Å². The molecular formula is C10H13FIN. The monoisotopic (exact) mass is 293 g/mol. The summed E-state index contributed by atoms with van der Waals surface area (Å²) in [5.41, 5.74) is 6.47. The third-order valence-electron chi connectivity index (χ3n) is 1.96. The van der Waals surface area contributed by atoms with E-state index in [1.54, 1.807) is 6.07 Å². The number of hydrogen-bond donors (Lipinski definition) is 1. The van der Waals surface area contributed by atoms with Crippen molar-refractivity contribution in [3.05, 3.63) is 33.1 Å². The molecule has 0 saturated heterocycles. The van der Waals surface area contributed by atoms with Crippen LogP contribution in [0.1, 0.15) is 31.4 Å². The summed E-state index contributed by atoms with van der Waals surface area (Å²) in [5.74, 6) is -0.193. The number of halogens is 2. The minimum atomic E-state index is -0.193. The molecule has 0 aromatic heterocycles. The Morgan fingerprint density at radius 2 is 2.23 bits per heavy atom. The normalized spacial score (nSPS) is 12.9. The predicted molar refractivity (Wildman–Crippen MR) is 61.0 cm³/mol. The van der Waals surface area contributed by atoms with E-state index in [0.717, 1.165) is 16.4 Å². The Hall–Kier alpha value is -0.160. The van der Waals surface area contributed by atoms with Gasteiger partial charge < -0.3 is 5.73 Å². The molecule has 1 aromatic rings. The molecule has 2 N–H and O–H groups in total. The van der Waals surface area contributed by atoms with E-state index in [2.05, 4.69) is 22.6 Å². The van der Waals surface area contributed by atoms with E-state index in [4.69, 9.17) is 5.73 Å². The number of rotatable bonds is 3. The summed E-state index contributed by atoms with van der Waals surface area (Å²) in [6.07, 6.45) is 1.81. The maximum absolute atomic E-state index is 13.3. The van der Waals surface area contributed by atoms with Crippen molar-refractivity contribution in [2.75, 3.05) is 0 Å². The zero-order valence-corrected chi connectivity index (χ0v) is 9.71. The van der Waals surface area contributed by atoms with Crippen molar-refractivity contribution in [2.45, 2.75) is 25.8 Å². The Kier molecular flexibility index (Phi) is 4.12. The van der Waals surface area contributed by atoms with Gasteiger partial charge in [0.1, 0.15) is 5.82 Å². The van der Waals surface area contributed by atoms with Crippen molar-refractivity contribution >= 4 is 22.6 Å². The minimum Gasteiger partial charge on any atom is -0.324 e. The summed E-state index contributed by atoms with van der Waals surface area (Å²) < 4.78 is 14.3. The average Bonchev–Trinajstić information content (AvgIpc) is 2.09. The molecule has 0 amide bonds. The molecule has 0 fully saturated rings. The summed E-state index contributed by atoms with van der Waals surface area (Å²) >= 11 is 2.16. The first-order valence-corrected chi connectivity index (χ1v) is 5.43. The second-order valence-electron chi connectivity index (χ2n) is 3.06. The van der Waals surface area contributed by atoms with Crippen LogP contribution in [0.2, 0.25) is 0 Å². The van der Waals surface area contributed by atoms with Crippen LogP contribution in [0.4, 0.5) is 4.39 Å². The third-order valence-corrected chi connectivity index (χ3v) is 2.63. The van der Waals surface area contributed by atoms with Crippen molar-refractivity contribution in [2.24, 2.45) is 5.73 Å². The molecule has 1 rings (SSSR count). The summed E-state index contributed by atoms with van der Waals surface area (Å²) in [6.45, 7) is 2.05. The maximum atomic E-state index is 13.3. The molecule has 1 nitrogen and oxygen atoms in total. The summed E-state index contributed by atoms with van der Waals surface area (Å²) in [7, 11) is 0. The highest BCUT2D eigenvalue weighted by Gasteiger charge is 2.10. The Labute approximate surface area is 91.7 Å². The Morgan fingerprint density at radius 3 is 2.85 bits per heavy atom. The van der Waals surface area contributed by atoms with Crippen LogP contribution in [0, 0.1) is 9.39 Å². The van der Waals surface area contributed by atoms with Crippen LogP contribution in [0.25, 0.3) is 0 Å². The maximum Gasteiger partial charge on any atom is 0.128 e. The standard InChI is InChI=1S/C10H13FIN/c1-2-3-10(13)8-6-7(12)4-5-9(8)11/h4-6,10H,2-3,13H2,1H3/t10-/m1/s1. The number of nitrogens with two attached hydrogens (primary N) is 1. The molecule has 0 aliphatic heterocycles. The fourth-order valence-electron chi connectivity index (χ4n) is 1.27. The van der Waals surface area contributed by atoms with E-state index in [-0.39, 0.29) is 11.9 Å². The third kappa shape index (κ3) is 2.91. The van der Waals surface area contributed by atoms with Gasteiger partial charge in [-0.05, 0) is 47.2 Å². The molecule has 0 radical (unpaired) electrons. The first-order valence-electron chi connectivity index (χ1n) is 4.35. The Bertz CT molecular complexity index is 288. The van der Waals surface area contributed by atoms with Gasteiger partial charge in [0.15, 0.2) is 0 Å². The van der Waals surface area contributed by atoms with Gasteiger partial charge in [-0.2, -0.15) is 0 Å². The Morgan fingerprint density at radius 1 is 1.54 bits per heavy atom. The van der Waals surface area contributed by atoms with Gasteiger partial charge in [-0.15, -0.1) is 0 Å². The van der Waals surface area contributed by atoms with Gasteiger partial charge in [0, 0.05) is 15.2 Å². The lowest BCUT2D eigenvalue weighted by Gasteiger charge is -2.11. The smallest absolute Gasteiger partial charge is 0.128 e. The van der Waals surface area contributed by atoms with Crippen molar-refractivity contribution < 1.29 is 4.39 Å². The molecule has 0 saturated carbocycles. The fourth-order valence-corrected chi connectivity index (χ4v) is 1.78. The van der Waals surface area contributed by atoms with Crippen LogP contribution in [0.5, 0.6) is 0 Å². The fraction of sp³-hybridized carbons (Fsp3) is 0.400. The second kappa shape index (κ2) is 4.91. The van der Waals surface area contributed by atoms with Gasteiger partial charge in [0.05, 0.1) is 0 Å². The molecule has 1 atom stereocenters. The summed E-state index contributed by atoms with van der Waals surface area (Å²) in [4.78, 5) is 0. The highest BCUT2D eigenvalue weighted by molar-refractivity contribution is 14.1. The topological polar surface area (TPSA) is 26.0 Å². The van der Waals surface area contributed by atoms with Crippen molar-refractivity contribution in [1.82, 2.24) is 0 Å². The SMILES string of the molecule is CCC[C@@H](N)c1cc(I)ccc1F. The quantitative estimate of drug-likeness (QED) is 0.851. The lowest BCUT2D eigenvalue weighted by atomic mass is 10.0. The largest absolute Gasteiger partial charge is 0.324 e. The van der Waals surface area contributed by atoms with Crippen molar-refractivity contribution in [3.63, 3.8) is 0 Å². The molecule has 0 aliphatic rings. The second-order valence-corrected chi connectivity index (χ2v) is 4.31. The first kappa shape index (κ1) is 10.9. The lowest BCUT2D eigenvalue weighted by Crippen LogP contribution is -2.11. The molecule has 0 unspecified atom stereocenters. The summed E-state index contributed by atoms with van der Waals surface area (Å²) in [5, 5.41) is 0. The zero-order valence-electron chi connectivity index (χ0n) is 7.56. The van der Waals surface area contributed by atoms with Gasteiger partial charge in [0.2, 0.25) is 0 Å². The van der Waals surface area contributed by atoms with Crippen LogP contribution in [-0.2, 0) is 0 Å². The minimum absolute atomic E-state index is 0.167. The number of benzene rings is 1. The predicted octanol–water partition coefficient (Wildman–Crippen LogP) is 3.23. The van der Waals surface area contributed by atoms with E-state index in [1.807, 2.05) is 13.0 Å². The Balaban J connectivity index is 2.91. The van der Waals surface area contributed by atoms with Gasteiger partial charge in [0.25, 0.3) is 0 Å². The molecule has 13 heavy (non-hydrogen) atoms. The molecule has 0 heterocycles. The lowest BCUT2D eigenvalue weighted by molar-refractivity contribution is 0.559. The van der Waals surface area contributed by atoms with E-state index < -0.39 is 0 Å². The van der Waals surface area contributed by atoms with E-state index in [1.165, 1.54) is 6.07 Å². The van der Waals surface area contributed by atoms with Gasteiger partial charge in [-0.3, -0.25) is 0 Å². The molecule has 3 heteroatoms. The van der Waals surface area contributed by atoms with Crippen LogP contribution in [0.3, 0.4) is 0 Å². The molecule has 0 bridgehead atoms. The molecular weight excluding hydrogens is 280 g/mol. The van der Waals surface area contributed by atoms with E-state index in [9.17, 15) is 4.39 Å². The zero-order chi connectivity index (χ0) is 9.84. The van der Waals surface area contributed by atoms with E-state index in [0.29, 0.717) is 5.56 Å². The van der Waals surface area contributed by atoms with E-state index >= 15 is 0 Å². The van der Waals surface area contributed by atoms with Crippen molar-refractivity contribution in [1.29, 1.82) is 0 Å². The van der Waals surface area contributed by atoms with Crippen molar-refractivity contribution in [3.8, 4) is 0 Å². The molecule has 0 aliphatic carbocycles. The first-order chi connectivity index (χ1) is 6.15. The molecule has 1 aromatic carbocycles. The summed E-state index contributed by atoms with van der Waals surface area (Å²) in [6, 6.07) is 4.88. The van der Waals surface area contributed by atoms with Gasteiger partial charge in [-0.1, -0.05) is 13.3 Å². The van der Waals surface area contributed by atoms with Crippen LogP contribution >= 0.6 is 22.6 Å².